The molecule has 1 amide bonds. The maximum atomic E-state index is 11.5. The van der Waals surface area contributed by atoms with E-state index in [9.17, 15) is 4.79 Å². The minimum absolute atomic E-state index is 0. The van der Waals surface area contributed by atoms with Gasteiger partial charge in [0.25, 0.3) is 0 Å². The molecule has 0 aromatic carbocycles. The number of hydrogen-bond donors (Lipinski definition) is 3. The van der Waals surface area contributed by atoms with Gasteiger partial charge in [0.2, 0.25) is 5.91 Å². The van der Waals surface area contributed by atoms with Crippen LogP contribution in [0.15, 0.2) is 29.4 Å². The highest BCUT2D eigenvalue weighted by molar-refractivity contribution is 14.0. The second-order valence-corrected chi connectivity index (χ2v) is 4.22. The van der Waals surface area contributed by atoms with Gasteiger partial charge in [0.05, 0.1) is 18.8 Å². The van der Waals surface area contributed by atoms with E-state index in [2.05, 4.69) is 25.9 Å². The summed E-state index contributed by atoms with van der Waals surface area (Å²) in [6.45, 7) is 6.13. The van der Waals surface area contributed by atoms with Crippen molar-refractivity contribution in [2.24, 2.45) is 4.99 Å². The number of aromatic nitrogens is 1. The molecule has 118 valence electrons. The monoisotopic (exact) mass is 405 g/mol. The van der Waals surface area contributed by atoms with Gasteiger partial charge in [0.15, 0.2) is 5.96 Å². The molecule has 1 rings (SSSR count). The van der Waals surface area contributed by atoms with Gasteiger partial charge in [-0.15, -0.1) is 24.0 Å². The van der Waals surface area contributed by atoms with Crippen LogP contribution >= 0.6 is 24.0 Å². The second kappa shape index (κ2) is 12.4. The number of pyridine rings is 1. The maximum Gasteiger partial charge on any atom is 0.239 e. The van der Waals surface area contributed by atoms with Gasteiger partial charge in [-0.25, -0.2) is 4.99 Å². The van der Waals surface area contributed by atoms with Gasteiger partial charge in [-0.2, -0.15) is 0 Å². The number of hydrogen-bond acceptors (Lipinski definition) is 3. The highest BCUT2D eigenvalue weighted by Gasteiger charge is 2.02. The third-order valence-corrected chi connectivity index (χ3v) is 2.46. The Morgan fingerprint density at radius 3 is 2.67 bits per heavy atom. The van der Waals surface area contributed by atoms with Crippen LogP contribution in [0.1, 0.15) is 26.0 Å². The zero-order valence-corrected chi connectivity index (χ0v) is 14.9. The first-order chi connectivity index (χ1) is 9.76. The van der Waals surface area contributed by atoms with E-state index in [1.165, 1.54) is 0 Å². The van der Waals surface area contributed by atoms with Crippen molar-refractivity contribution >= 4 is 35.8 Å². The van der Waals surface area contributed by atoms with Crippen molar-refractivity contribution in [3.8, 4) is 0 Å². The third kappa shape index (κ3) is 9.22. The zero-order chi connectivity index (χ0) is 14.6. The first kappa shape index (κ1) is 19.6. The first-order valence-electron chi connectivity index (χ1n) is 6.95. The highest BCUT2D eigenvalue weighted by Crippen LogP contribution is 1.95. The van der Waals surface area contributed by atoms with Gasteiger partial charge >= 0.3 is 0 Å². The van der Waals surface area contributed by atoms with E-state index in [0.717, 1.165) is 18.7 Å². The van der Waals surface area contributed by atoms with Crippen LogP contribution in [0.2, 0.25) is 0 Å². The maximum absolute atomic E-state index is 11.5. The van der Waals surface area contributed by atoms with Gasteiger partial charge in [0.1, 0.15) is 0 Å². The summed E-state index contributed by atoms with van der Waals surface area (Å²) in [5.41, 5.74) is 0.889. The first-order valence-corrected chi connectivity index (χ1v) is 6.95. The Morgan fingerprint density at radius 2 is 2.05 bits per heavy atom. The number of halogens is 1. The van der Waals surface area contributed by atoms with E-state index in [0.29, 0.717) is 19.0 Å². The molecule has 7 heteroatoms. The number of nitrogens with zero attached hydrogens (tertiary/aromatic N) is 2. The average Bonchev–Trinajstić information content (AvgIpc) is 2.49. The number of carbonyl (C=O) groups is 1. The molecular formula is C14H24IN5O. The molecule has 0 spiro atoms. The quantitative estimate of drug-likeness (QED) is 0.363. The van der Waals surface area contributed by atoms with Crippen LogP contribution in [0.25, 0.3) is 0 Å². The molecule has 0 radical (unpaired) electrons. The molecular weight excluding hydrogens is 381 g/mol. The highest BCUT2D eigenvalue weighted by atomic mass is 127. The molecule has 0 saturated carbocycles. The fourth-order valence-corrected chi connectivity index (χ4v) is 1.48. The Hall–Kier alpha value is -1.38. The zero-order valence-electron chi connectivity index (χ0n) is 12.6. The number of rotatable bonds is 7. The van der Waals surface area contributed by atoms with Crippen molar-refractivity contribution in [1.29, 1.82) is 0 Å². The summed E-state index contributed by atoms with van der Waals surface area (Å²) in [7, 11) is 0. The molecule has 0 atom stereocenters. The van der Waals surface area contributed by atoms with E-state index < -0.39 is 0 Å². The number of nitrogens with one attached hydrogen (secondary N) is 3. The Balaban J connectivity index is 0.00000400. The number of aliphatic imine (C=N–C) groups is 1. The van der Waals surface area contributed by atoms with E-state index >= 15 is 0 Å². The van der Waals surface area contributed by atoms with Gasteiger partial charge in [0, 0.05) is 19.3 Å². The molecule has 0 aliphatic carbocycles. The number of amides is 1. The molecule has 0 aliphatic heterocycles. The predicted molar refractivity (Wildman–Crippen MR) is 95.8 cm³/mol. The van der Waals surface area contributed by atoms with Crippen molar-refractivity contribution in [2.45, 2.75) is 26.8 Å². The van der Waals surface area contributed by atoms with Gasteiger partial charge in [-0.05, 0) is 25.5 Å². The molecule has 3 N–H and O–H groups in total. The Kier molecular flexibility index (Phi) is 11.6. The normalized spacial score (nSPS) is 10.5. The predicted octanol–water partition coefficient (Wildman–Crippen LogP) is 1.28. The lowest BCUT2D eigenvalue weighted by atomic mass is 10.3. The SMILES string of the molecule is CCCNC(=O)CNC(=NCc1ccccn1)NCC.I. The van der Waals surface area contributed by atoms with Crippen molar-refractivity contribution in [1.82, 2.24) is 20.9 Å². The van der Waals surface area contributed by atoms with Crippen LogP contribution in [-0.2, 0) is 11.3 Å². The van der Waals surface area contributed by atoms with Crippen LogP contribution < -0.4 is 16.0 Å². The van der Waals surface area contributed by atoms with Crippen LogP contribution in [0.3, 0.4) is 0 Å². The summed E-state index contributed by atoms with van der Waals surface area (Å²) in [5, 5.41) is 8.90. The van der Waals surface area contributed by atoms with Crippen molar-refractivity contribution in [3.05, 3.63) is 30.1 Å². The lowest BCUT2D eigenvalue weighted by molar-refractivity contribution is -0.120. The summed E-state index contributed by atoms with van der Waals surface area (Å²) < 4.78 is 0. The Bertz CT molecular complexity index is 425. The fourth-order valence-electron chi connectivity index (χ4n) is 1.48. The molecule has 1 heterocycles. The summed E-state index contributed by atoms with van der Waals surface area (Å²) in [4.78, 5) is 20.1. The molecule has 0 bridgehead atoms. The molecule has 1 aromatic rings. The lowest BCUT2D eigenvalue weighted by Crippen LogP contribution is -2.43. The van der Waals surface area contributed by atoms with E-state index in [-0.39, 0.29) is 36.4 Å². The van der Waals surface area contributed by atoms with E-state index in [1.54, 1.807) is 6.20 Å². The van der Waals surface area contributed by atoms with E-state index in [4.69, 9.17) is 0 Å². The second-order valence-electron chi connectivity index (χ2n) is 4.22. The van der Waals surface area contributed by atoms with Gasteiger partial charge < -0.3 is 16.0 Å². The van der Waals surface area contributed by atoms with Crippen molar-refractivity contribution in [3.63, 3.8) is 0 Å². The summed E-state index contributed by atoms with van der Waals surface area (Å²) in [6, 6.07) is 5.71. The van der Waals surface area contributed by atoms with Crippen molar-refractivity contribution < 1.29 is 4.79 Å². The standard InChI is InChI=1S/C14H23N5O.HI/c1-3-8-17-13(20)11-19-14(15-4-2)18-10-12-7-5-6-9-16-12;/h5-7,9H,3-4,8,10-11H2,1-2H3,(H,17,20)(H2,15,18,19);1H. The molecule has 6 nitrogen and oxygen atoms in total. The molecule has 21 heavy (non-hydrogen) atoms. The smallest absolute Gasteiger partial charge is 0.239 e. The van der Waals surface area contributed by atoms with Crippen molar-refractivity contribution in [2.75, 3.05) is 19.6 Å². The molecule has 0 fully saturated rings. The molecule has 0 saturated heterocycles. The average molecular weight is 405 g/mol. The van der Waals surface area contributed by atoms with Crippen LogP contribution in [0.5, 0.6) is 0 Å². The summed E-state index contributed by atoms with van der Waals surface area (Å²) >= 11 is 0. The largest absolute Gasteiger partial charge is 0.357 e. The summed E-state index contributed by atoms with van der Waals surface area (Å²) in [6.07, 6.45) is 2.67. The number of guanidine groups is 1. The fraction of sp³-hybridized carbons (Fsp3) is 0.500. The van der Waals surface area contributed by atoms with Crippen LogP contribution in [0, 0.1) is 0 Å². The lowest BCUT2D eigenvalue weighted by Gasteiger charge is -2.11. The third-order valence-electron chi connectivity index (χ3n) is 2.46. The summed E-state index contributed by atoms with van der Waals surface area (Å²) in [5.74, 6) is 0.583. The van der Waals surface area contributed by atoms with Gasteiger partial charge in [-0.3, -0.25) is 9.78 Å². The Morgan fingerprint density at radius 1 is 1.24 bits per heavy atom. The molecule has 0 aliphatic rings. The minimum atomic E-state index is -0.0321. The van der Waals surface area contributed by atoms with E-state index in [1.807, 2.05) is 32.0 Å². The molecule has 0 unspecified atom stereocenters. The topological polar surface area (TPSA) is 78.4 Å². The minimum Gasteiger partial charge on any atom is -0.357 e. The van der Waals surface area contributed by atoms with Crippen LogP contribution in [-0.4, -0.2) is 36.5 Å². The molecule has 1 aromatic heterocycles. The van der Waals surface area contributed by atoms with Crippen LogP contribution in [0.4, 0.5) is 0 Å². The van der Waals surface area contributed by atoms with Gasteiger partial charge in [-0.1, -0.05) is 13.0 Å². The Labute approximate surface area is 143 Å². The number of carbonyl (C=O) groups excluding carboxylic acids is 1.